The van der Waals surface area contributed by atoms with Gasteiger partial charge in [-0.15, -0.1) is 11.3 Å². The van der Waals surface area contributed by atoms with Crippen molar-refractivity contribution in [1.29, 1.82) is 0 Å². The van der Waals surface area contributed by atoms with Crippen LogP contribution in [0.3, 0.4) is 0 Å². The van der Waals surface area contributed by atoms with Crippen LogP contribution in [0.15, 0.2) is 16.3 Å². The van der Waals surface area contributed by atoms with Gasteiger partial charge in [-0.05, 0) is 38.4 Å². The first-order chi connectivity index (χ1) is 9.91. The highest BCUT2D eigenvalue weighted by atomic mass is 32.2. The van der Waals surface area contributed by atoms with Gasteiger partial charge in [0.15, 0.2) is 0 Å². The molecule has 1 saturated heterocycles. The van der Waals surface area contributed by atoms with Crippen LogP contribution in [0.25, 0.3) is 0 Å². The zero-order valence-electron chi connectivity index (χ0n) is 12.9. The van der Waals surface area contributed by atoms with Crippen LogP contribution in [0.4, 0.5) is 0 Å². The summed E-state index contributed by atoms with van der Waals surface area (Å²) in [5, 5.41) is 3.21. The van der Waals surface area contributed by atoms with Gasteiger partial charge in [0.05, 0.1) is 5.60 Å². The number of nitrogens with zero attached hydrogens (tertiary/aromatic N) is 1. The van der Waals surface area contributed by atoms with Gasteiger partial charge in [0, 0.05) is 31.6 Å². The van der Waals surface area contributed by atoms with Gasteiger partial charge >= 0.3 is 0 Å². The number of nitrogens with one attached hydrogen (secondary N) is 1. The molecule has 2 rings (SSSR count). The van der Waals surface area contributed by atoms with Crippen molar-refractivity contribution in [2.75, 3.05) is 26.7 Å². The maximum atomic E-state index is 12.7. The van der Waals surface area contributed by atoms with Crippen molar-refractivity contribution in [2.24, 2.45) is 0 Å². The number of ether oxygens (including phenoxy) is 1. The van der Waals surface area contributed by atoms with E-state index in [1.807, 2.05) is 19.9 Å². The van der Waals surface area contributed by atoms with E-state index in [0.29, 0.717) is 23.8 Å². The van der Waals surface area contributed by atoms with Crippen LogP contribution in [0.2, 0.25) is 0 Å². The number of piperidine rings is 1. The molecule has 0 aromatic carbocycles. The van der Waals surface area contributed by atoms with Crippen LogP contribution in [0.1, 0.15) is 31.6 Å². The largest absolute Gasteiger partial charge is 0.377 e. The minimum absolute atomic E-state index is 0.380. The molecule has 7 heteroatoms. The molecule has 0 saturated carbocycles. The van der Waals surface area contributed by atoms with Crippen LogP contribution in [0, 0.1) is 0 Å². The Labute approximate surface area is 131 Å². The summed E-state index contributed by atoms with van der Waals surface area (Å²) in [5.41, 5.74) is -0.380. The average molecular weight is 332 g/mol. The second kappa shape index (κ2) is 6.75. The first-order valence-corrected chi connectivity index (χ1v) is 9.52. The van der Waals surface area contributed by atoms with Gasteiger partial charge in [-0.25, -0.2) is 8.42 Å². The molecule has 1 N–H and O–H groups in total. The van der Waals surface area contributed by atoms with Gasteiger partial charge in [0.25, 0.3) is 10.0 Å². The van der Waals surface area contributed by atoms with Crippen LogP contribution in [-0.2, 0) is 21.3 Å². The summed E-state index contributed by atoms with van der Waals surface area (Å²) in [6, 6.07) is 3.60. The topological polar surface area (TPSA) is 58.6 Å². The number of sulfonamides is 1. The summed E-state index contributed by atoms with van der Waals surface area (Å²) in [4.78, 5) is 1.04. The molecule has 2 heterocycles. The lowest BCUT2D eigenvalue weighted by Gasteiger charge is -2.38. The van der Waals surface area contributed by atoms with Gasteiger partial charge < -0.3 is 10.1 Å². The van der Waals surface area contributed by atoms with E-state index < -0.39 is 10.0 Å². The Bertz CT molecular complexity index is 571. The number of hydrogen-bond acceptors (Lipinski definition) is 5. The molecule has 5 nitrogen and oxygen atoms in total. The highest BCUT2D eigenvalue weighted by molar-refractivity contribution is 7.91. The second-order valence-corrected chi connectivity index (χ2v) is 8.93. The second-order valence-electron chi connectivity index (χ2n) is 5.60. The molecule has 1 aromatic rings. The van der Waals surface area contributed by atoms with Crippen molar-refractivity contribution < 1.29 is 13.2 Å². The van der Waals surface area contributed by atoms with Crippen molar-refractivity contribution in [3.8, 4) is 0 Å². The van der Waals surface area contributed by atoms with E-state index >= 15 is 0 Å². The molecule has 0 amide bonds. The molecule has 0 aliphatic carbocycles. The number of methoxy groups -OCH3 is 1. The van der Waals surface area contributed by atoms with E-state index in [2.05, 4.69) is 5.32 Å². The fourth-order valence-electron chi connectivity index (χ4n) is 2.50. The SMILES string of the molecule is CCNCc1ccc(S(=O)(=O)N2CCCC(C)(OC)C2)s1. The molecule has 0 radical (unpaired) electrons. The predicted molar refractivity (Wildman–Crippen MR) is 85.1 cm³/mol. The van der Waals surface area contributed by atoms with Crippen LogP contribution >= 0.6 is 11.3 Å². The molecular formula is C14H24N2O3S2. The summed E-state index contributed by atoms with van der Waals surface area (Å²) in [6.07, 6.45) is 1.73. The minimum atomic E-state index is -3.40. The molecule has 21 heavy (non-hydrogen) atoms. The standard InChI is InChI=1S/C14H24N2O3S2/c1-4-15-10-12-6-7-13(20-12)21(17,18)16-9-5-8-14(2,11-16)19-3/h6-7,15H,4-5,8-11H2,1-3H3. The fourth-order valence-corrected chi connectivity index (χ4v) is 5.57. The van der Waals surface area contributed by atoms with Crippen LogP contribution in [-0.4, -0.2) is 45.1 Å². The highest BCUT2D eigenvalue weighted by Crippen LogP contribution is 2.31. The van der Waals surface area contributed by atoms with Gasteiger partial charge in [-0.3, -0.25) is 0 Å². The third kappa shape index (κ3) is 3.84. The Morgan fingerprint density at radius 3 is 2.90 bits per heavy atom. The van der Waals surface area contributed by atoms with Crippen molar-refractivity contribution in [3.63, 3.8) is 0 Å². The van der Waals surface area contributed by atoms with Gasteiger partial charge in [-0.2, -0.15) is 4.31 Å². The van der Waals surface area contributed by atoms with Crippen LogP contribution in [0.5, 0.6) is 0 Å². The van der Waals surface area contributed by atoms with E-state index in [0.717, 1.165) is 24.3 Å². The normalized spacial score (nSPS) is 24.3. The summed E-state index contributed by atoms with van der Waals surface area (Å²) >= 11 is 1.35. The molecule has 120 valence electrons. The lowest BCUT2D eigenvalue weighted by atomic mass is 9.96. The number of hydrogen-bond donors (Lipinski definition) is 1. The third-order valence-corrected chi connectivity index (χ3v) is 7.29. The zero-order valence-corrected chi connectivity index (χ0v) is 14.5. The lowest BCUT2D eigenvalue weighted by molar-refractivity contribution is -0.0319. The Hall–Kier alpha value is -0.470. The quantitative estimate of drug-likeness (QED) is 0.866. The summed E-state index contributed by atoms with van der Waals surface area (Å²) in [5.74, 6) is 0. The minimum Gasteiger partial charge on any atom is -0.377 e. The predicted octanol–water partition coefficient (Wildman–Crippen LogP) is 2.05. The highest BCUT2D eigenvalue weighted by Gasteiger charge is 2.37. The van der Waals surface area contributed by atoms with E-state index in [1.165, 1.54) is 11.3 Å². The van der Waals surface area contributed by atoms with E-state index in [9.17, 15) is 8.42 Å². The van der Waals surface area contributed by atoms with E-state index in [-0.39, 0.29) is 5.60 Å². The van der Waals surface area contributed by atoms with E-state index in [1.54, 1.807) is 17.5 Å². The summed E-state index contributed by atoms with van der Waals surface area (Å²) in [7, 11) is -1.75. The Morgan fingerprint density at radius 1 is 1.48 bits per heavy atom. The fraction of sp³-hybridized carbons (Fsp3) is 0.714. The Balaban J connectivity index is 2.15. The molecule has 1 aliphatic rings. The van der Waals surface area contributed by atoms with Crippen molar-refractivity contribution in [1.82, 2.24) is 9.62 Å². The van der Waals surface area contributed by atoms with Gasteiger partial charge in [0.2, 0.25) is 0 Å². The van der Waals surface area contributed by atoms with Crippen molar-refractivity contribution in [2.45, 2.75) is 43.0 Å². The summed E-state index contributed by atoms with van der Waals surface area (Å²) in [6.45, 7) is 6.59. The third-order valence-electron chi connectivity index (χ3n) is 3.90. The zero-order chi connectivity index (χ0) is 15.5. The van der Waals surface area contributed by atoms with Crippen LogP contribution < -0.4 is 5.32 Å². The van der Waals surface area contributed by atoms with E-state index in [4.69, 9.17) is 4.74 Å². The van der Waals surface area contributed by atoms with Crippen molar-refractivity contribution >= 4 is 21.4 Å². The van der Waals surface area contributed by atoms with Gasteiger partial charge in [0.1, 0.15) is 4.21 Å². The monoisotopic (exact) mass is 332 g/mol. The number of rotatable bonds is 6. The smallest absolute Gasteiger partial charge is 0.252 e. The molecule has 1 atom stereocenters. The first kappa shape index (κ1) is 16.9. The van der Waals surface area contributed by atoms with Gasteiger partial charge in [-0.1, -0.05) is 6.92 Å². The molecule has 1 aliphatic heterocycles. The average Bonchev–Trinajstić information content (AvgIpc) is 2.95. The first-order valence-electron chi connectivity index (χ1n) is 7.26. The molecule has 0 bridgehead atoms. The molecule has 1 aromatic heterocycles. The van der Waals surface area contributed by atoms with Crippen molar-refractivity contribution in [3.05, 3.63) is 17.0 Å². The Kier molecular flexibility index (Phi) is 5.43. The number of thiophene rings is 1. The lowest BCUT2D eigenvalue weighted by Crippen LogP contribution is -2.49. The molecule has 1 fully saturated rings. The molecule has 1 unspecified atom stereocenters. The molecule has 0 spiro atoms. The maximum absolute atomic E-state index is 12.7. The Morgan fingerprint density at radius 2 is 2.24 bits per heavy atom. The maximum Gasteiger partial charge on any atom is 0.252 e. The summed E-state index contributed by atoms with van der Waals surface area (Å²) < 4.78 is 32.9. The molecular weight excluding hydrogens is 308 g/mol.